The highest BCUT2D eigenvalue weighted by Gasteiger charge is 2.27. The molecule has 2 fully saturated rings. The van der Waals surface area contributed by atoms with Crippen molar-refractivity contribution in [2.45, 2.75) is 97.4 Å². The number of nitrogens with one attached hydrogen (secondary N) is 1. The zero-order chi connectivity index (χ0) is 24.1. The maximum absolute atomic E-state index is 12.5. The summed E-state index contributed by atoms with van der Waals surface area (Å²) in [6.07, 6.45) is 13.9. The zero-order valence-corrected chi connectivity index (χ0v) is 21.6. The minimum absolute atomic E-state index is 0.0691. The van der Waals surface area contributed by atoms with Crippen LogP contribution < -0.4 is 5.32 Å². The van der Waals surface area contributed by atoms with E-state index in [0.29, 0.717) is 18.4 Å². The van der Waals surface area contributed by atoms with Crippen LogP contribution in [0.5, 0.6) is 0 Å². The lowest BCUT2D eigenvalue weighted by molar-refractivity contribution is -0.134. The molecule has 1 aliphatic heterocycles. The molecule has 186 valence electrons. The van der Waals surface area contributed by atoms with Crippen molar-refractivity contribution in [1.29, 1.82) is 0 Å². The average molecular weight is 465 g/mol. The van der Waals surface area contributed by atoms with Crippen LogP contribution in [0.4, 0.5) is 0 Å². The summed E-state index contributed by atoms with van der Waals surface area (Å²) in [5.41, 5.74) is 4.18. The lowest BCUT2D eigenvalue weighted by Gasteiger charge is -2.33. The fourth-order valence-corrected chi connectivity index (χ4v) is 5.50. The summed E-state index contributed by atoms with van der Waals surface area (Å²) in [6, 6.07) is 9.54. The molecule has 2 amide bonds. The fraction of sp³-hybridized carbons (Fsp3) is 0.667. The third kappa shape index (κ3) is 6.96. The standard InChI is InChI=1S/C30H44N2O2/c1-30(2,3)21-28(33)32-19-17-23(18-20-32)8-7-22-9-11-24(12-10-22)25-13-15-26(16-14-25)29(34)31-27-5-4-6-27/h9-13,23,26-27H,4-8,14-21H2,1-3H3,(H,31,34). The van der Waals surface area contributed by atoms with Crippen molar-refractivity contribution in [2.75, 3.05) is 13.1 Å². The Morgan fingerprint density at radius 1 is 1.00 bits per heavy atom. The number of aryl methyl sites for hydroxylation is 1. The number of likely N-dealkylation sites (tertiary alicyclic amines) is 1. The molecule has 1 saturated heterocycles. The third-order valence-corrected chi connectivity index (χ3v) is 8.05. The summed E-state index contributed by atoms with van der Waals surface area (Å²) in [5, 5.41) is 3.22. The molecule has 1 aromatic rings. The summed E-state index contributed by atoms with van der Waals surface area (Å²) in [7, 11) is 0. The molecule has 0 bridgehead atoms. The maximum atomic E-state index is 12.5. The Balaban J connectivity index is 1.19. The molecule has 1 saturated carbocycles. The third-order valence-electron chi connectivity index (χ3n) is 8.05. The lowest BCUT2D eigenvalue weighted by Crippen LogP contribution is -2.42. The molecule has 34 heavy (non-hydrogen) atoms. The van der Waals surface area contributed by atoms with E-state index in [9.17, 15) is 9.59 Å². The second-order valence-electron chi connectivity index (χ2n) is 12.1. The van der Waals surface area contributed by atoms with Crippen molar-refractivity contribution in [2.24, 2.45) is 17.3 Å². The molecule has 4 rings (SSSR count). The highest BCUT2D eigenvalue weighted by atomic mass is 16.2. The van der Waals surface area contributed by atoms with Gasteiger partial charge in [0.2, 0.25) is 11.8 Å². The van der Waals surface area contributed by atoms with Crippen molar-refractivity contribution >= 4 is 17.4 Å². The number of carbonyl (C=O) groups excluding carboxylic acids is 2. The van der Waals surface area contributed by atoms with Gasteiger partial charge in [-0.05, 0) is 92.2 Å². The number of piperidine rings is 1. The highest BCUT2D eigenvalue weighted by Crippen LogP contribution is 2.32. The lowest BCUT2D eigenvalue weighted by atomic mass is 9.84. The highest BCUT2D eigenvalue weighted by molar-refractivity contribution is 5.81. The first-order chi connectivity index (χ1) is 16.3. The van der Waals surface area contributed by atoms with E-state index in [4.69, 9.17) is 0 Å². The normalized spacial score (nSPS) is 22.1. The van der Waals surface area contributed by atoms with E-state index in [0.717, 1.165) is 70.4 Å². The first-order valence-corrected chi connectivity index (χ1v) is 13.6. The molecule has 1 N–H and O–H groups in total. The van der Waals surface area contributed by atoms with Gasteiger partial charge in [0.15, 0.2) is 0 Å². The summed E-state index contributed by atoms with van der Waals surface area (Å²) >= 11 is 0. The molecule has 2 aliphatic carbocycles. The van der Waals surface area contributed by atoms with Crippen LogP contribution in [0, 0.1) is 17.3 Å². The van der Waals surface area contributed by atoms with Crippen LogP contribution in [0.3, 0.4) is 0 Å². The summed E-state index contributed by atoms with van der Waals surface area (Å²) in [4.78, 5) is 27.0. The van der Waals surface area contributed by atoms with Gasteiger partial charge in [0.1, 0.15) is 0 Å². The smallest absolute Gasteiger partial charge is 0.223 e. The van der Waals surface area contributed by atoms with Crippen LogP contribution >= 0.6 is 0 Å². The average Bonchev–Trinajstić information content (AvgIpc) is 2.79. The van der Waals surface area contributed by atoms with E-state index in [-0.39, 0.29) is 17.2 Å². The van der Waals surface area contributed by atoms with E-state index in [1.54, 1.807) is 0 Å². The number of hydrogen-bond donors (Lipinski definition) is 1. The second-order valence-corrected chi connectivity index (χ2v) is 12.1. The Morgan fingerprint density at radius 2 is 1.71 bits per heavy atom. The molecule has 0 radical (unpaired) electrons. The van der Waals surface area contributed by atoms with Gasteiger partial charge in [0.05, 0.1) is 0 Å². The largest absolute Gasteiger partial charge is 0.353 e. The molecular formula is C30H44N2O2. The number of rotatable bonds is 7. The van der Waals surface area contributed by atoms with Crippen LogP contribution in [-0.2, 0) is 16.0 Å². The van der Waals surface area contributed by atoms with Gasteiger partial charge in [-0.1, -0.05) is 51.1 Å². The van der Waals surface area contributed by atoms with Gasteiger partial charge in [-0.15, -0.1) is 0 Å². The molecule has 4 heteroatoms. The molecule has 1 heterocycles. The van der Waals surface area contributed by atoms with Gasteiger partial charge in [-0.3, -0.25) is 9.59 Å². The quantitative estimate of drug-likeness (QED) is 0.526. The minimum Gasteiger partial charge on any atom is -0.353 e. The summed E-state index contributed by atoms with van der Waals surface area (Å²) in [6.45, 7) is 8.26. The van der Waals surface area contributed by atoms with E-state index < -0.39 is 0 Å². The van der Waals surface area contributed by atoms with Crippen molar-refractivity contribution < 1.29 is 9.59 Å². The monoisotopic (exact) mass is 464 g/mol. The topological polar surface area (TPSA) is 49.4 Å². The number of carbonyl (C=O) groups is 2. The minimum atomic E-state index is 0.0691. The van der Waals surface area contributed by atoms with Crippen LogP contribution in [0.15, 0.2) is 30.3 Å². The molecule has 4 nitrogen and oxygen atoms in total. The Labute approximate surface area is 206 Å². The summed E-state index contributed by atoms with van der Waals surface area (Å²) < 4.78 is 0. The van der Waals surface area contributed by atoms with E-state index in [2.05, 4.69) is 61.3 Å². The number of hydrogen-bond acceptors (Lipinski definition) is 2. The van der Waals surface area contributed by atoms with Crippen LogP contribution in [-0.4, -0.2) is 35.8 Å². The van der Waals surface area contributed by atoms with Gasteiger partial charge in [0.25, 0.3) is 0 Å². The molecule has 1 aromatic carbocycles. The number of amides is 2. The molecule has 3 aliphatic rings. The molecule has 0 aromatic heterocycles. The SMILES string of the molecule is CC(C)(C)CC(=O)N1CCC(CCc2ccc(C3=CCC(C(=O)NC4CCC4)CC3)cc2)CC1. The molecular weight excluding hydrogens is 420 g/mol. The van der Waals surface area contributed by atoms with Crippen molar-refractivity contribution in [3.63, 3.8) is 0 Å². The van der Waals surface area contributed by atoms with Gasteiger partial charge in [-0.2, -0.15) is 0 Å². The van der Waals surface area contributed by atoms with Crippen LogP contribution in [0.25, 0.3) is 5.57 Å². The van der Waals surface area contributed by atoms with E-state index >= 15 is 0 Å². The number of nitrogens with zero attached hydrogens (tertiary/aromatic N) is 1. The van der Waals surface area contributed by atoms with E-state index in [1.165, 1.54) is 29.5 Å². The number of allylic oxidation sites excluding steroid dienone is 2. The molecule has 0 spiro atoms. The Kier molecular flexibility index (Phi) is 8.16. The van der Waals surface area contributed by atoms with Gasteiger partial charge >= 0.3 is 0 Å². The van der Waals surface area contributed by atoms with Crippen molar-refractivity contribution in [3.8, 4) is 0 Å². The van der Waals surface area contributed by atoms with Gasteiger partial charge < -0.3 is 10.2 Å². The molecule has 1 atom stereocenters. The first-order valence-electron chi connectivity index (χ1n) is 13.6. The first kappa shape index (κ1) is 25.0. The van der Waals surface area contributed by atoms with E-state index in [1.807, 2.05) is 0 Å². The van der Waals surface area contributed by atoms with Crippen LogP contribution in [0.2, 0.25) is 0 Å². The molecule has 1 unspecified atom stereocenters. The Hall–Kier alpha value is -2.10. The predicted octanol–water partition coefficient (Wildman–Crippen LogP) is 6.15. The van der Waals surface area contributed by atoms with Crippen molar-refractivity contribution in [3.05, 3.63) is 41.5 Å². The summed E-state index contributed by atoms with van der Waals surface area (Å²) in [5.74, 6) is 1.46. The second kappa shape index (κ2) is 11.1. The predicted molar refractivity (Wildman–Crippen MR) is 139 cm³/mol. The maximum Gasteiger partial charge on any atom is 0.223 e. The Morgan fingerprint density at radius 3 is 2.26 bits per heavy atom. The fourth-order valence-electron chi connectivity index (χ4n) is 5.50. The number of benzene rings is 1. The Bertz CT molecular complexity index is 868. The van der Waals surface area contributed by atoms with Crippen molar-refractivity contribution in [1.82, 2.24) is 10.2 Å². The zero-order valence-electron chi connectivity index (χ0n) is 21.6. The van der Waals surface area contributed by atoms with Gasteiger partial charge in [-0.25, -0.2) is 0 Å². The van der Waals surface area contributed by atoms with Crippen LogP contribution in [0.1, 0.15) is 96.1 Å². The van der Waals surface area contributed by atoms with Gasteiger partial charge in [0, 0.05) is 31.5 Å².